The van der Waals surface area contributed by atoms with E-state index in [0.717, 1.165) is 6.42 Å². The van der Waals surface area contributed by atoms with Crippen molar-refractivity contribution in [2.75, 3.05) is 6.61 Å². The van der Waals surface area contributed by atoms with Gasteiger partial charge in [0.1, 0.15) is 0 Å². The van der Waals surface area contributed by atoms with Crippen LogP contribution in [0.25, 0.3) is 0 Å². The maximum absolute atomic E-state index is 10.8. The van der Waals surface area contributed by atoms with Gasteiger partial charge in [-0.2, -0.15) is 0 Å². The van der Waals surface area contributed by atoms with Crippen molar-refractivity contribution in [1.29, 1.82) is 0 Å². The summed E-state index contributed by atoms with van der Waals surface area (Å²) < 4.78 is 10.9. The first kappa shape index (κ1) is 11.0. The summed E-state index contributed by atoms with van der Waals surface area (Å²) in [6.45, 7) is 2.50. The Morgan fingerprint density at radius 2 is 2.19 bits per heavy atom. The van der Waals surface area contributed by atoms with E-state index in [2.05, 4.69) is 0 Å². The van der Waals surface area contributed by atoms with Gasteiger partial charge in [0, 0.05) is 6.07 Å². The molecule has 0 spiro atoms. The third-order valence-corrected chi connectivity index (χ3v) is 2.54. The summed E-state index contributed by atoms with van der Waals surface area (Å²) >= 11 is 0. The molecule has 1 aromatic carbocycles. The summed E-state index contributed by atoms with van der Waals surface area (Å²) in [5.74, 6) is 0. The van der Waals surface area contributed by atoms with Gasteiger partial charge in [-0.15, -0.1) is 0 Å². The van der Waals surface area contributed by atoms with Crippen molar-refractivity contribution in [1.82, 2.24) is 0 Å². The number of nitrogens with zero attached hydrogens (tertiary/aromatic N) is 1. The van der Waals surface area contributed by atoms with Crippen LogP contribution in [0.1, 0.15) is 25.2 Å². The highest BCUT2D eigenvalue weighted by Gasteiger charge is 2.27. The standard InChI is InChI=1S/C11H13NO4/c1-8-6-7-15-11(16-8)9-4-2-3-5-10(9)12(13)14/h2-5,8,11H,6-7H2,1H3. The molecule has 1 aromatic rings. The van der Waals surface area contributed by atoms with Crippen LogP contribution in [0.3, 0.4) is 0 Å². The van der Waals surface area contributed by atoms with Crippen LogP contribution in [0.15, 0.2) is 24.3 Å². The van der Waals surface area contributed by atoms with Crippen LogP contribution < -0.4 is 0 Å². The summed E-state index contributed by atoms with van der Waals surface area (Å²) in [5, 5.41) is 10.8. The lowest BCUT2D eigenvalue weighted by atomic mass is 10.1. The van der Waals surface area contributed by atoms with Gasteiger partial charge in [0.25, 0.3) is 5.69 Å². The molecule has 5 nitrogen and oxygen atoms in total. The molecule has 2 atom stereocenters. The molecule has 5 heteroatoms. The highest BCUT2D eigenvalue weighted by Crippen LogP contribution is 2.31. The van der Waals surface area contributed by atoms with E-state index in [0.29, 0.717) is 12.2 Å². The Bertz CT molecular complexity index is 393. The molecule has 0 N–H and O–H groups in total. The van der Waals surface area contributed by atoms with Gasteiger partial charge in [0.05, 0.1) is 23.2 Å². The summed E-state index contributed by atoms with van der Waals surface area (Å²) in [6, 6.07) is 6.50. The van der Waals surface area contributed by atoms with Crippen molar-refractivity contribution < 1.29 is 14.4 Å². The largest absolute Gasteiger partial charge is 0.348 e. The van der Waals surface area contributed by atoms with Gasteiger partial charge in [-0.25, -0.2) is 0 Å². The Morgan fingerprint density at radius 1 is 1.44 bits per heavy atom. The Balaban J connectivity index is 2.28. The zero-order valence-corrected chi connectivity index (χ0v) is 8.96. The lowest BCUT2D eigenvalue weighted by Gasteiger charge is -2.27. The summed E-state index contributed by atoms with van der Waals surface area (Å²) in [5.41, 5.74) is 0.528. The quantitative estimate of drug-likeness (QED) is 0.570. The predicted molar refractivity (Wildman–Crippen MR) is 57.0 cm³/mol. The van der Waals surface area contributed by atoms with Crippen LogP contribution in [0.5, 0.6) is 0 Å². The number of benzene rings is 1. The number of nitro benzene ring substituents is 1. The van der Waals surface area contributed by atoms with Crippen molar-refractivity contribution in [3.63, 3.8) is 0 Å². The van der Waals surface area contributed by atoms with Gasteiger partial charge in [-0.1, -0.05) is 12.1 Å². The SMILES string of the molecule is CC1CCOC(c2ccccc2[N+](=O)[O-])O1. The van der Waals surface area contributed by atoms with Crippen molar-refractivity contribution in [3.8, 4) is 0 Å². The van der Waals surface area contributed by atoms with E-state index in [9.17, 15) is 10.1 Å². The number of rotatable bonds is 2. The fourth-order valence-corrected chi connectivity index (χ4v) is 1.68. The van der Waals surface area contributed by atoms with Crippen LogP contribution in [0.4, 0.5) is 5.69 Å². The van der Waals surface area contributed by atoms with Crippen LogP contribution in [-0.2, 0) is 9.47 Å². The molecule has 0 radical (unpaired) electrons. The van der Waals surface area contributed by atoms with Crippen LogP contribution in [0.2, 0.25) is 0 Å². The minimum Gasteiger partial charge on any atom is -0.348 e. The molecule has 16 heavy (non-hydrogen) atoms. The lowest BCUT2D eigenvalue weighted by molar-refractivity contribution is -0.387. The molecule has 2 unspecified atom stereocenters. The average molecular weight is 223 g/mol. The Labute approximate surface area is 93.1 Å². The van der Waals surface area contributed by atoms with E-state index in [-0.39, 0.29) is 11.8 Å². The maximum atomic E-state index is 10.8. The molecule has 1 aliphatic rings. The molecule has 0 bridgehead atoms. The first-order chi connectivity index (χ1) is 7.68. The highest BCUT2D eigenvalue weighted by molar-refractivity contribution is 5.40. The van der Waals surface area contributed by atoms with Gasteiger partial charge in [-0.05, 0) is 19.4 Å². The zero-order valence-electron chi connectivity index (χ0n) is 8.96. The maximum Gasteiger partial charge on any atom is 0.277 e. The molecular weight excluding hydrogens is 210 g/mol. The highest BCUT2D eigenvalue weighted by atomic mass is 16.7. The normalized spacial score (nSPS) is 25.3. The van der Waals surface area contributed by atoms with Crippen molar-refractivity contribution >= 4 is 5.69 Å². The Hall–Kier alpha value is -1.46. The van der Waals surface area contributed by atoms with E-state index in [1.165, 1.54) is 6.07 Å². The van der Waals surface area contributed by atoms with Gasteiger partial charge in [0.15, 0.2) is 6.29 Å². The topological polar surface area (TPSA) is 61.6 Å². The summed E-state index contributed by atoms with van der Waals surface area (Å²) in [4.78, 5) is 10.4. The number of nitro groups is 1. The number of hydrogen-bond donors (Lipinski definition) is 0. The third-order valence-electron chi connectivity index (χ3n) is 2.54. The molecule has 1 heterocycles. The second-order valence-corrected chi connectivity index (χ2v) is 3.75. The second-order valence-electron chi connectivity index (χ2n) is 3.75. The van der Waals surface area contributed by atoms with Gasteiger partial charge in [-0.3, -0.25) is 10.1 Å². The molecule has 1 saturated heterocycles. The van der Waals surface area contributed by atoms with E-state index < -0.39 is 11.2 Å². The van der Waals surface area contributed by atoms with Crippen LogP contribution in [0, 0.1) is 10.1 Å². The number of hydrogen-bond acceptors (Lipinski definition) is 4. The molecule has 0 amide bonds. The summed E-state index contributed by atoms with van der Waals surface area (Å²) in [6.07, 6.45) is 0.265. The number of para-hydroxylation sites is 1. The van der Waals surface area contributed by atoms with Crippen molar-refractivity contribution in [3.05, 3.63) is 39.9 Å². The lowest BCUT2D eigenvalue weighted by Crippen LogP contribution is -2.25. The molecule has 2 rings (SSSR count). The van der Waals surface area contributed by atoms with Gasteiger partial charge in [0.2, 0.25) is 0 Å². The Morgan fingerprint density at radius 3 is 2.88 bits per heavy atom. The first-order valence-electron chi connectivity index (χ1n) is 5.19. The molecular formula is C11H13NO4. The van der Waals surface area contributed by atoms with Crippen molar-refractivity contribution in [2.24, 2.45) is 0 Å². The monoisotopic (exact) mass is 223 g/mol. The van der Waals surface area contributed by atoms with Gasteiger partial charge < -0.3 is 9.47 Å². The second kappa shape index (κ2) is 4.59. The fourth-order valence-electron chi connectivity index (χ4n) is 1.68. The fraction of sp³-hybridized carbons (Fsp3) is 0.455. The molecule has 1 fully saturated rings. The summed E-state index contributed by atoms with van der Waals surface area (Å²) in [7, 11) is 0. The van der Waals surface area contributed by atoms with Crippen LogP contribution >= 0.6 is 0 Å². The van der Waals surface area contributed by atoms with E-state index in [1.807, 2.05) is 6.92 Å². The Kier molecular flexibility index (Phi) is 3.17. The van der Waals surface area contributed by atoms with Crippen molar-refractivity contribution in [2.45, 2.75) is 25.7 Å². The van der Waals surface area contributed by atoms with E-state index in [1.54, 1.807) is 18.2 Å². The van der Waals surface area contributed by atoms with E-state index in [4.69, 9.17) is 9.47 Å². The average Bonchev–Trinajstić information content (AvgIpc) is 2.29. The first-order valence-corrected chi connectivity index (χ1v) is 5.19. The minimum absolute atomic E-state index is 0.0431. The molecule has 0 aromatic heterocycles. The smallest absolute Gasteiger partial charge is 0.277 e. The molecule has 1 aliphatic heterocycles. The third kappa shape index (κ3) is 2.20. The van der Waals surface area contributed by atoms with Crippen LogP contribution in [-0.4, -0.2) is 17.6 Å². The number of ether oxygens (including phenoxy) is 2. The molecule has 86 valence electrons. The van der Waals surface area contributed by atoms with E-state index >= 15 is 0 Å². The molecule has 0 aliphatic carbocycles. The minimum atomic E-state index is -0.620. The zero-order chi connectivity index (χ0) is 11.5. The molecule has 0 saturated carbocycles. The van der Waals surface area contributed by atoms with Gasteiger partial charge >= 0.3 is 0 Å². The predicted octanol–water partition coefficient (Wildman–Crippen LogP) is 2.42.